The Morgan fingerprint density at radius 3 is 2.74 bits per heavy atom. The summed E-state index contributed by atoms with van der Waals surface area (Å²) >= 11 is 0. The zero-order valence-corrected chi connectivity index (χ0v) is 13.4. The standard InChI is InChI=1S/C17H23N3O3/c1-12-9-19(6-7-23-12)16(21)11-20-10-14-5-3-2-4-13(14)8-15(20)17(18)22/h2-5,12,15H,6-11H2,1H3,(H2,18,22)/t12?,15-/m0/s1. The second kappa shape index (κ2) is 6.68. The van der Waals surface area contributed by atoms with Crippen molar-refractivity contribution in [3.05, 3.63) is 35.4 Å². The highest BCUT2D eigenvalue weighted by molar-refractivity contribution is 5.83. The van der Waals surface area contributed by atoms with Gasteiger partial charge in [-0.05, 0) is 24.5 Å². The molecule has 0 aliphatic carbocycles. The van der Waals surface area contributed by atoms with Crippen LogP contribution in [0, 0.1) is 0 Å². The van der Waals surface area contributed by atoms with Crippen molar-refractivity contribution < 1.29 is 14.3 Å². The lowest BCUT2D eigenvalue weighted by Gasteiger charge is -2.37. The molecular formula is C17H23N3O3. The summed E-state index contributed by atoms with van der Waals surface area (Å²) in [6.07, 6.45) is 0.625. The van der Waals surface area contributed by atoms with Gasteiger partial charge in [0.05, 0.1) is 25.3 Å². The predicted molar refractivity (Wildman–Crippen MR) is 85.5 cm³/mol. The summed E-state index contributed by atoms with van der Waals surface area (Å²) in [6.45, 7) is 4.53. The van der Waals surface area contributed by atoms with Crippen molar-refractivity contribution in [3.8, 4) is 0 Å². The first-order valence-electron chi connectivity index (χ1n) is 8.04. The van der Waals surface area contributed by atoms with Crippen molar-refractivity contribution in [2.75, 3.05) is 26.2 Å². The van der Waals surface area contributed by atoms with Crippen molar-refractivity contribution in [2.45, 2.75) is 32.0 Å². The van der Waals surface area contributed by atoms with Crippen LogP contribution in [0.5, 0.6) is 0 Å². The van der Waals surface area contributed by atoms with Crippen molar-refractivity contribution in [1.29, 1.82) is 0 Å². The van der Waals surface area contributed by atoms with E-state index in [9.17, 15) is 9.59 Å². The number of carbonyl (C=O) groups excluding carboxylic acids is 2. The molecule has 1 saturated heterocycles. The summed E-state index contributed by atoms with van der Waals surface area (Å²) in [5, 5.41) is 0. The Morgan fingerprint density at radius 1 is 1.30 bits per heavy atom. The van der Waals surface area contributed by atoms with Crippen molar-refractivity contribution in [3.63, 3.8) is 0 Å². The molecule has 0 spiro atoms. The molecule has 1 aromatic rings. The fourth-order valence-electron chi connectivity index (χ4n) is 3.34. The van der Waals surface area contributed by atoms with Crippen LogP contribution in [0.2, 0.25) is 0 Å². The van der Waals surface area contributed by atoms with Gasteiger partial charge in [0.2, 0.25) is 11.8 Å². The van der Waals surface area contributed by atoms with Crippen molar-refractivity contribution >= 4 is 11.8 Å². The predicted octanol–water partition coefficient (Wildman–Crippen LogP) is 0.146. The van der Waals surface area contributed by atoms with Gasteiger partial charge in [-0.1, -0.05) is 24.3 Å². The maximum absolute atomic E-state index is 12.6. The molecule has 124 valence electrons. The van der Waals surface area contributed by atoms with Gasteiger partial charge in [-0.2, -0.15) is 0 Å². The van der Waals surface area contributed by atoms with Gasteiger partial charge in [-0.3, -0.25) is 14.5 Å². The first-order valence-corrected chi connectivity index (χ1v) is 8.04. The van der Waals surface area contributed by atoms with Crippen LogP contribution < -0.4 is 5.73 Å². The van der Waals surface area contributed by atoms with Crippen LogP contribution in [0.25, 0.3) is 0 Å². The summed E-state index contributed by atoms with van der Waals surface area (Å²) in [5.41, 5.74) is 7.86. The molecule has 3 rings (SSSR count). The van der Waals surface area contributed by atoms with Crippen LogP contribution in [0.1, 0.15) is 18.1 Å². The first-order chi connectivity index (χ1) is 11.0. The fraction of sp³-hybridized carbons (Fsp3) is 0.529. The lowest BCUT2D eigenvalue weighted by molar-refractivity contribution is -0.141. The van der Waals surface area contributed by atoms with Crippen molar-refractivity contribution in [1.82, 2.24) is 9.80 Å². The molecule has 1 unspecified atom stereocenters. The maximum Gasteiger partial charge on any atom is 0.236 e. The minimum Gasteiger partial charge on any atom is -0.375 e. The number of amides is 2. The van der Waals surface area contributed by atoms with E-state index in [1.807, 2.05) is 41.0 Å². The molecule has 2 atom stereocenters. The monoisotopic (exact) mass is 317 g/mol. The second-order valence-corrected chi connectivity index (χ2v) is 6.32. The van der Waals surface area contributed by atoms with E-state index >= 15 is 0 Å². The zero-order valence-electron chi connectivity index (χ0n) is 13.4. The number of nitrogens with zero attached hydrogens (tertiary/aromatic N) is 2. The SMILES string of the molecule is CC1CN(C(=O)CN2Cc3ccccc3C[C@H]2C(N)=O)CCO1. The summed E-state index contributed by atoms with van der Waals surface area (Å²) in [7, 11) is 0. The Hall–Kier alpha value is -1.92. The van der Waals surface area contributed by atoms with E-state index < -0.39 is 6.04 Å². The number of fused-ring (bicyclic) bond motifs is 1. The highest BCUT2D eigenvalue weighted by atomic mass is 16.5. The van der Waals surface area contributed by atoms with Crippen LogP contribution in [-0.2, 0) is 27.3 Å². The number of hydrogen-bond donors (Lipinski definition) is 1. The van der Waals surface area contributed by atoms with Gasteiger partial charge in [0.15, 0.2) is 0 Å². The van der Waals surface area contributed by atoms with E-state index in [0.717, 1.165) is 11.1 Å². The fourth-order valence-corrected chi connectivity index (χ4v) is 3.34. The van der Waals surface area contributed by atoms with Gasteiger partial charge in [-0.15, -0.1) is 0 Å². The van der Waals surface area contributed by atoms with E-state index in [2.05, 4.69) is 0 Å². The Labute approximate surface area is 136 Å². The summed E-state index contributed by atoms with van der Waals surface area (Å²) in [5.74, 6) is -0.339. The Kier molecular flexibility index (Phi) is 4.63. The molecule has 0 saturated carbocycles. The van der Waals surface area contributed by atoms with Gasteiger partial charge >= 0.3 is 0 Å². The highest BCUT2D eigenvalue weighted by Crippen LogP contribution is 2.23. The molecule has 0 aromatic heterocycles. The topological polar surface area (TPSA) is 75.9 Å². The molecule has 1 fully saturated rings. The largest absolute Gasteiger partial charge is 0.375 e. The number of hydrogen-bond acceptors (Lipinski definition) is 4. The van der Waals surface area contributed by atoms with E-state index in [0.29, 0.717) is 32.7 Å². The minimum atomic E-state index is -0.424. The number of ether oxygens (including phenoxy) is 1. The maximum atomic E-state index is 12.6. The molecule has 2 aliphatic heterocycles. The number of benzene rings is 1. The van der Waals surface area contributed by atoms with E-state index in [4.69, 9.17) is 10.5 Å². The number of primary amides is 1. The van der Waals surface area contributed by atoms with Gasteiger partial charge in [0.25, 0.3) is 0 Å². The average molecular weight is 317 g/mol. The quantitative estimate of drug-likeness (QED) is 0.861. The number of carbonyl (C=O) groups is 2. The van der Waals surface area contributed by atoms with Crippen LogP contribution >= 0.6 is 0 Å². The molecule has 1 aromatic carbocycles. The van der Waals surface area contributed by atoms with Crippen LogP contribution in [-0.4, -0.2) is 60.0 Å². The number of morpholine rings is 1. The first kappa shape index (κ1) is 16.0. The van der Waals surface area contributed by atoms with Crippen LogP contribution in [0.4, 0.5) is 0 Å². The minimum absolute atomic E-state index is 0.0331. The molecular weight excluding hydrogens is 294 g/mol. The number of rotatable bonds is 3. The summed E-state index contributed by atoms with van der Waals surface area (Å²) in [6, 6.07) is 7.58. The van der Waals surface area contributed by atoms with E-state index in [1.165, 1.54) is 0 Å². The van der Waals surface area contributed by atoms with Gasteiger partial charge in [0, 0.05) is 19.6 Å². The summed E-state index contributed by atoms with van der Waals surface area (Å²) < 4.78 is 5.47. The molecule has 23 heavy (non-hydrogen) atoms. The lowest BCUT2D eigenvalue weighted by Crippen LogP contribution is -2.54. The molecule has 2 amide bonds. The lowest BCUT2D eigenvalue weighted by atomic mass is 9.93. The number of nitrogens with two attached hydrogens (primary N) is 1. The molecule has 0 radical (unpaired) electrons. The Balaban J connectivity index is 1.72. The molecule has 6 nitrogen and oxygen atoms in total. The van der Waals surface area contributed by atoms with Crippen molar-refractivity contribution in [2.24, 2.45) is 5.73 Å². The van der Waals surface area contributed by atoms with Gasteiger partial charge < -0.3 is 15.4 Å². The molecule has 2 aliphatic rings. The molecule has 2 heterocycles. The third kappa shape index (κ3) is 3.54. The average Bonchev–Trinajstić information content (AvgIpc) is 2.54. The van der Waals surface area contributed by atoms with Crippen LogP contribution in [0.3, 0.4) is 0 Å². The zero-order chi connectivity index (χ0) is 16.4. The molecule has 2 N–H and O–H groups in total. The Morgan fingerprint density at radius 2 is 2.04 bits per heavy atom. The van der Waals surface area contributed by atoms with Crippen LogP contribution in [0.15, 0.2) is 24.3 Å². The van der Waals surface area contributed by atoms with Gasteiger partial charge in [-0.25, -0.2) is 0 Å². The summed E-state index contributed by atoms with van der Waals surface area (Å²) in [4.78, 5) is 28.1. The molecule has 0 bridgehead atoms. The third-order valence-corrected chi connectivity index (χ3v) is 4.61. The van der Waals surface area contributed by atoms with Gasteiger partial charge in [0.1, 0.15) is 0 Å². The third-order valence-electron chi connectivity index (χ3n) is 4.61. The molecule has 6 heteroatoms. The smallest absolute Gasteiger partial charge is 0.236 e. The second-order valence-electron chi connectivity index (χ2n) is 6.32. The van der Waals surface area contributed by atoms with E-state index in [-0.39, 0.29) is 24.5 Å². The highest BCUT2D eigenvalue weighted by Gasteiger charge is 2.32. The van der Waals surface area contributed by atoms with E-state index in [1.54, 1.807) is 0 Å². The Bertz CT molecular complexity index is 605. The normalized spacial score (nSPS) is 25.0.